The van der Waals surface area contributed by atoms with E-state index in [1.807, 2.05) is 18.2 Å². The van der Waals surface area contributed by atoms with E-state index in [2.05, 4.69) is 31.2 Å². The van der Waals surface area contributed by atoms with Crippen LogP contribution in [-0.4, -0.2) is 51.4 Å². The molecule has 6 nitrogen and oxygen atoms in total. The minimum absolute atomic E-state index is 0.221. The zero-order chi connectivity index (χ0) is 19.9. The largest absolute Gasteiger partial charge is 0.394 e. The SMILES string of the molecule is CCc1ccc(Cc2ccc3c(c2)[C@@]2(OC3)O[C@@H](CO)[C@H](O)[C@@H](O)[C@@H]2O)cc1. The summed E-state index contributed by atoms with van der Waals surface area (Å²) in [6.45, 7) is 1.85. The summed E-state index contributed by atoms with van der Waals surface area (Å²) in [4.78, 5) is 0. The molecule has 1 spiro atoms. The molecule has 4 rings (SSSR count). The van der Waals surface area contributed by atoms with Crippen molar-refractivity contribution in [1.82, 2.24) is 0 Å². The second-order valence-corrected chi connectivity index (χ2v) is 7.56. The number of aliphatic hydroxyl groups excluding tert-OH is 4. The van der Waals surface area contributed by atoms with Gasteiger partial charge in [-0.2, -0.15) is 0 Å². The number of aliphatic hydroxyl groups is 4. The van der Waals surface area contributed by atoms with Gasteiger partial charge in [0.25, 0.3) is 0 Å². The van der Waals surface area contributed by atoms with Gasteiger partial charge >= 0.3 is 0 Å². The lowest BCUT2D eigenvalue weighted by Crippen LogP contribution is -2.63. The number of aryl methyl sites for hydroxylation is 1. The molecule has 2 aromatic rings. The molecule has 0 unspecified atom stereocenters. The molecule has 1 saturated heterocycles. The van der Waals surface area contributed by atoms with Gasteiger partial charge in [0.1, 0.15) is 24.4 Å². The van der Waals surface area contributed by atoms with Crippen LogP contribution >= 0.6 is 0 Å². The van der Waals surface area contributed by atoms with Crippen LogP contribution in [0.25, 0.3) is 0 Å². The van der Waals surface area contributed by atoms with Gasteiger partial charge in [-0.3, -0.25) is 0 Å². The summed E-state index contributed by atoms with van der Waals surface area (Å²) < 4.78 is 11.6. The van der Waals surface area contributed by atoms with Crippen LogP contribution in [0.1, 0.15) is 34.7 Å². The van der Waals surface area contributed by atoms with E-state index >= 15 is 0 Å². The summed E-state index contributed by atoms with van der Waals surface area (Å²) in [5, 5.41) is 40.5. The average Bonchev–Trinajstić information content (AvgIpc) is 3.08. The molecule has 2 aliphatic rings. The molecule has 0 aromatic heterocycles. The molecule has 1 fully saturated rings. The second-order valence-electron chi connectivity index (χ2n) is 7.56. The maximum Gasteiger partial charge on any atom is 0.225 e. The van der Waals surface area contributed by atoms with Crippen LogP contribution in [0.2, 0.25) is 0 Å². The van der Waals surface area contributed by atoms with Crippen molar-refractivity contribution in [3.63, 3.8) is 0 Å². The van der Waals surface area contributed by atoms with E-state index in [9.17, 15) is 20.4 Å². The molecule has 0 aliphatic carbocycles. The molecular formula is C22H26O6. The van der Waals surface area contributed by atoms with Crippen molar-refractivity contribution in [2.24, 2.45) is 0 Å². The molecule has 0 radical (unpaired) electrons. The van der Waals surface area contributed by atoms with Crippen molar-refractivity contribution in [3.05, 3.63) is 70.3 Å². The highest BCUT2D eigenvalue weighted by Crippen LogP contribution is 2.46. The summed E-state index contributed by atoms with van der Waals surface area (Å²) in [5.41, 5.74) is 4.95. The Bertz CT molecular complexity index is 833. The van der Waals surface area contributed by atoms with Gasteiger partial charge in [0.05, 0.1) is 13.2 Å². The van der Waals surface area contributed by atoms with E-state index in [1.54, 1.807) is 0 Å². The molecular weight excluding hydrogens is 360 g/mol. The van der Waals surface area contributed by atoms with Gasteiger partial charge in [-0.25, -0.2) is 0 Å². The van der Waals surface area contributed by atoms with Crippen LogP contribution in [0.15, 0.2) is 42.5 Å². The Morgan fingerprint density at radius 2 is 1.64 bits per heavy atom. The van der Waals surface area contributed by atoms with Gasteiger partial charge in [-0.1, -0.05) is 43.3 Å². The Kier molecular flexibility index (Phi) is 5.26. The van der Waals surface area contributed by atoms with Crippen LogP contribution in [0, 0.1) is 0 Å². The molecule has 2 aromatic carbocycles. The maximum absolute atomic E-state index is 10.7. The number of fused-ring (bicyclic) bond motifs is 2. The molecule has 2 aliphatic heterocycles. The van der Waals surface area contributed by atoms with E-state index in [-0.39, 0.29) is 6.61 Å². The number of benzene rings is 2. The smallest absolute Gasteiger partial charge is 0.225 e. The Morgan fingerprint density at radius 3 is 2.32 bits per heavy atom. The fourth-order valence-electron chi connectivity index (χ4n) is 4.06. The second kappa shape index (κ2) is 7.55. The number of rotatable bonds is 4. The van der Waals surface area contributed by atoms with Crippen molar-refractivity contribution in [2.45, 2.75) is 56.6 Å². The van der Waals surface area contributed by atoms with Gasteiger partial charge in [-0.15, -0.1) is 0 Å². The van der Waals surface area contributed by atoms with Crippen LogP contribution in [0.4, 0.5) is 0 Å². The highest BCUT2D eigenvalue weighted by atomic mass is 16.7. The highest BCUT2D eigenvalue weighted by Gasteiger charge is 2.58. The molecule has 4 N–H and O–H groups in total. The van der Waals surface area contributed by atoms with Crippen molar-refractivity contribution < 1.29 is 29.9 Å². The fourth-order valence-corrected chi connectivity index (χ4v) is 4.06. The molecule has 0 saturated carbocycles. The van der Waals surface area contributed by atoms with E-state index in [4.69, 9.17) is 9.47 Å². The van der Waals surface area contributed by atoms with Crippen molar-refractivity contribution in [1.29, 1.82) is 0 Å². The van der Waals surface area contributed by atoms with Gasteiger partial charge in [0.15, 0.2) is 0 Å². The highest BCUT2D eigenvalue weighted by molar-refractivity contribution is 5.41. The van der Waals surface area contributed by atoms with E-state index in [0.717, 1.165) is 17.5 Å². The summed E-state index contributed by atoms with van der Waals surface area (Å²) in [7, 11) is 0. The van der Waals surface area contributed by atoms with Crippen molar-refractivity contribution in [2.75, 3.05) is 6.61 Å². The van der Waals surface area contributed by atoms with Crippen molar-refractivity contribution in [3.8, 4) is 0 Å². The Hall–Kier alpha value is -1.80. The van der Waals surface area contributed by atoms with E-state index < -0.39 is 36.8 Å². The fraction of sp³-hybridized carbons (Fsp3) is 0.455. The van der Waals surface area contributed by atoms with Crippen LogP contribution in [0.3, 0.4) is 0 Å². The molecule has 28 heavy (non-hydrogen) atoms. The first-order valence-electron chi connectivity index (χ1n) is 9.65. The monoisotopic (exact) mass is 386 g/mol. The Labute approximate surface area is 164 Å². The predicted octanol–water partition coefficient (Wildman–Crippen LogP) is 0.997. The molecule has 0 bridgehead atoms. The normalized spacial score (nSPS) is 31.9. The third kappa shape index (κ3) is 3.16. The topological polar surface area (TPSA) is 99.4 Å². The molecule has 2 heterocycles. The quantitative estimate of drug-likeness (QED) is 0.626. The van der Waals surface area contributed by atoms with E-state index in [0.29, 0.717) is 12.0 Å². The molecule has 0 amide bonds. The van der Waals surface area contributed by atoms with Crippen LogP contribution < -0.4 is 0 Å². The lowest BCUT2D eigenvalue weighted by Gasteiger charge is -2.46. The van der Waals surface area contributed by atoms with Gasteiger partial charge < -0.3 is 29.9 Å². The first-order chi connectivity index (χ1) is 13.5. The third-order valence-electron chi connectivity index (χ3n) is 5.78. The molecule has 5 atom stereocenters. The standard InChI is InChI=1S/C22H26O6/c1-2-13-3-5-14(6-4-13)9-15-7-8-16-12-27-22(17(16)10-15)21(26)20(25)19(24)18(11-23)28-22/h3-8,10,18-21,23-26H,2,9,11-12H2,1H3/t18-,19-,20+,21-,22+/m0/s1. The lowest BCUT2D eigenvalue weighted by atomic mass is 9.86. The Balaban J connectivity index is 1.66. The zero-order valence-electron chi connectivity index (χ0n) is 15.8. The first-order valence-corrected chi connectivity index (χ1v) is 9.65. The van der Waals surface area contributed by atoms with Gasteiger partial charge in [0.2, 0.25) is 5.79 Å². The van der Waals surface area contributed by atoms with Gasteiger partial charge in [-0.05, 0) is 41.2 Å². The number of hydrogen-bond acceptors (Lipinski definition) is 6. The predicted molar refractivity (Wildman–Crippen MR) is 102 cm³/mol. The Morgan fingerprint density at radius 1 is 0.964 bits per heavy atom. The third-order valence-corrected chi connectivity index (χ3v) is 5.78. The van der Waals surface area contributed by atoms with Gasteiger partial charge in [0, 0.05) is 5.56 Å². The minimum atomic E-state index is -1.59. The summed E-state index contributed by atoms with van der Waals surface area (Å²) in [6, 6.07) is 14.3. The summed E-state index contributed by atoms with van der Waals surface area (Å²) >= 11 is 0. The summed E-state index contributed by atoms with van der Waals surface area (Å²) in [6.07, 6.45) is -3.69. The van der Waals surface area contributed by atoms with Crippen molar-refractivity contribution >= 4 is 0 Å². The van der Waals surface area contributed by atoms with E-state index in [1.165, 1.54) is 11.1 Å². The van der Waals surface area contributed by atoms with Crippen LogP contribution in [0.5, 0.6) is 0 Å². The maximum atomic E-state index is 10.7. The first kappa shape index (κ1) is 19.5. The summed E-state index contributed by atoms with van der Waals surface area (Å²) in [5.74, 6) is -1.59. The lowest BCUT2D eigenvalue weighted by molar-refractivity contribution is -0.368. The average molecular weight is 386 g/mol. The minimum Gasteiger partial charge on any atom is -0.394 e. The van der Waals surface area contributed by atoms with Crippen LogP contribution in [-0.2, 0) is 34.7 Å². The number of ether oxygens (including phenoxy) is 2. The number of hydrogen-bond donors (Lipinski definition) is 4. The zero-order valence-corrected chi connectivity index (χ0v) is 15.8. The molecule has 150 valence electrons. The molecule has 6 heteroatoms.